The lowest BCUT2D eigenvalue weighted by Crippen LogP contribution is -2.22. The highest BCUT2D eigenvalue weighted by atomic mass is 32.2. The summed E-state index contributed by atoms with van der Waals surface area (Å²) in [7, 11) is 0. The summed E-state index contributed by atoms with van der Waals surface area (Å²) in [6.07, 6.45) is -4.87. The number of hydrogen-bond donors (Lipinski definition) is 0. The van der Waals surface area contributed by atoms with E-state index in [2.05, 4.69) is 0 Å². The Morgan fingerprint density at radius 1 is 1.05 bits per heavy atom. The van der Waals surface area contributed by atoms with E-state index in [9.17, 15) is 26.7 Å². The lowest BCUT2D eigenvalue weighted by molar-refractivity contribution is -0.171. The van der Waals surface area contributed by atoms with Crippen LogP contribution in [0.2, 0.25) is 0 Å². The van der Waals surface area contributed by atoms with Gasteiger partial charge in [0.15, 0.2) is 0 Å². The Balaban J connectivity index is 2.26. The summed E-state index contributed by atoms with van der Waals surface area (Å²) in [6.45, 7) is 0. The van der Waals surface area contributed by atoms with Gasteiger partial charge < -0.3 is 0 Å². The van der Waals surface area contributed by atoms with E-state index >= 15 is 0 Å². The topological polar surface area (TPSA) is 17.1 Å². The van der Waals surface area contributed by atoms with E-state index in [1.807, 2.05) is 0 Å². The number of rotatable bonds is 6. The Hall–Kier alpha value is -1.11. The number of ketones is 1. The van der Waals surface area contributed by atoms with Crippen LogP contribution >= 0.6 is 11.8 Å². The lowest BCUT2D eigenvalue weighted by atomic mass is 10.2. The zero-order chi connectivity index (χ0) is 14.5. The number of hydrogen-bond acceptors (Lipinski definition) is 2. The molecule has 1 nitrogen and oxygen atoms in total. The average Bonchev–Trinajstić information content (AvgIpc) is 2.25. The smallest absolute Gasteiger partial charge is 0.290 e. The van der Waals surface area contributed by atoms with Gasteiger partial charge in [-0.2, -0.15) is 13.2 Å². The SMILES string of the molecule is O=C(CCCCSc1cc(F)cc(F)c1)C(F)(F)F. The number of thioether (sulfide) groups is 1. The number of unbranched alkanes of at least 4 members (excludes halogenated alkanes) is 1. The summed E-state index contributed by atoms with van der Waals surface area (Å²) in [4.78, 5) is 10.9. The number of alkyl halides is 3. The first kappa shape index (κ1) is 15.9. The molecule has 0 heterocycles. The summed E-state index contributed by atoms with van der Waals surface area (Å²) >= 11 is 1.14. The largest absolute Gasteiger partial charge is 0.449 e. The molecular weight excluding hydrogens is 287 g/mol. The normalized spacial score (nSPS) is 11.6. The van der Waals surface area contributed by atoms with Crippen molar-refractivity contribution in [2.45, 2.75) is 30.3 Å². The van der Waals surface area contributed by atoms with Crippen molar-refractivity contribution in [1.82, 2.24) is 0 Å². The summed E-state index contributed by atoms with van der Waals surface area (Å²) in [5, 5.41) is 0. The van der Waals surface area contributed by atoms with Crippen LogP contribution in [0.3, 0.4) is 0 Å². The second kappa shape index (κ2) is 6.88. The van der Waals surface area contributed by atoms with Crippen molar-refractivity contribution < 1.29 is 26.7 Å². The third kappa shape index (κ3) is 6.04. The van der Waals surface area contributed by atoms with Crippen molar-refractivity contribution in [3.05, 3.63) is 29.8 Å². The molecule has 0 aromatic heterocycles. The van der Waals surface area contributed by atoms with E-state index in [1.165, 1.54) is 0 Å². The number of benzene rings is 1. The van der Waals surface area contributed by atoms with E-state index in [-0.39, 0.29) is 6.42 Å². The summed E-state index contributed by atoms with van der Waals surface area (Å²) < 4.78 is 61.3. The first-order chi connectivity index (χ1) is 8.79. The van der Waals surface area contributed by atoms with Gasteiger partial charge in [-0.05, 0) is 30.7 Å². The van der Waals surface area contributed by atoms with Crippen LogP contribution in [0.25, 0.3) is 0 Å². The minimum Gasteiger partial charge on any atom is -0.290 e. The molecule has 19 heavy (non-hydrogen) atoms. The van der Waals surface area contributed by atoms with Crippen LogP contribution in [0.4, 0.5) is 22.0 Å². The molecule has 0 N–H and O–H groups in total. The highest BCUT2D eigenvalue weighted by molar-refractivity contribution is 7.99. The molecule has 0 atom stereocenters. The lowest BCUT2D eigenvalue weighted by Gasteiger charge is -2.05. The molecule has 0 bridgehead atoms. The van der Waals surface area contributed by atoms with E-state index in [4.69, 9.17) is 0 Å². The zero-order valence-electron chi connectivity index (χ0n) is 9.77. The predicted molar refractivity (Wildman–Crippen MR) is 62.0 cm³/mol. The van der Waals surface area contributed by atoms with Crippen LogP contribution in [0, 0.1) is 11.6 Å². The minimum absolute atomic E-state index is 0.100. The van der Waals surface area contributed by atoms with Crippen LogP contribution in [0.1, 0.15) is 19.3 Å². The van der Waals surface area contributed by atoms with Crippen LogP contribution in [-0.2, 0) is 4.79 Å². The summed E-state index contributed by atoms with van der Waals surface area (Å²) in [5.41, 5.74) is 0. The van der Waals surface area contributed by atoms with Gasteiger partial charge in [-0.3, -0.25) is 4.79 Å². The molecule has 7 heteroatoms. The minimum atomic E-state index is -4.78. The van der Waals surface area contributed by atoms with Gasteiger partial charge >= 0.3 is 6.18 Å². The summed E-state index contributed by atoms with van der Waals surface area (Å²) in [5.74, 6) is -2.74. The Kier molecular flexibility index (Phi) is 5.78. The van der Waals surface area contributed by atoms with Crippen LogP contribution in [0.5, 0.6) is 0 Å². The Morgan fingerprint density at radius 2 is 1.63 bits per heavy atom. The Morgan fingerprint density at radius 3 is 2.16 bits per heavy atom. The molecule has 1 rings (SSSR count). The van der Waals surface area contributed by atoms with Gasteiger partial charge in [0, 0.05) is 17.4 Å². The standard InChI is InChI=1S/C12H11F5OS/c13-8-5-9(14)7-10(6-8)19-4-2-1-3-11(18)12(15,16)17/h5-7H,1-4H2. The van der Waals surface area contributed by atoms with E-state index < -0.39 is 30.0 Å². The quantitative estimate of drug-likeness (QED) is 0.441. The van der Waals surface area contributed by atoms with Crippen LogP contribution in [0.15, 0.2) is 23.1 Å². The maximum absolute atomic E-state index is 12.8. The first-order valence-corrected chi connectivity index (χ1v) is 6.46. The van der Waals surface area contributed by atoms with E-state index in [0.29, 0.717) is 17.1 Å². The molecule has 106 valence electrons. The van der Waals surface area contributed by atoms with Crippen molar-refractivity contribution in [3.8, 4) is 0 Å². The molecule has 0 saturated heterocycles. The van der Waals surface area contributed by atoms with Crippen LogP contribution < -0.4 is 0 Å². The van der Waals surface area contributed by atoms with Crippen LogP contribution in [-0.4, -0.2) is 17.7 Å². The molecule has 0 amide bonds. The molecule has 0 fully saturated rings. The first-order valence-electron chi connectivity index (χ1n) is 5.48. The van der Waals surface area contributed by atoms with Crippen molar-refractivity contribution in [3.63, 3.8) is 0 Å². The number of halogens is 5. The van der Waals surface area contributed by atoms with Crippen molar-refractivity contribution in [1.29, 1.82) is 0 Å². The van der Waals surface area contributed by atoms with Crippen molar-refractivity contribution in [2.75, 3.05) is 5.75 Å². The molecule has 1 aromatic carbocycles. The average molecular weight is 298 g/mol. The highest BCUT2D eigenvalue weighted by Gasteiger charge is 2.36. The highest BCUT2D eigenvalue weighted by Crippen LogP contribution is 2.23. The maximum Gasteiger partial charge on any atom is 0.449 e. The van der Waals surface area contributed by atoms with Gasteiger partial charge in [0.1, 0.15) is 11.6 Å². The fourth-order valence-corrected chi connectivity index (χ4v) is 2.31. The molecule has 0 saturated carbocycles. The molecule has 1 aromatic rings. The zero-order valence-corrected chi connectivity index (χ0v) is 10.6. The number of Topliss-reactive ketones (excluding diaryl/α,β-unsaturated/α-hetero) is 1. The Bertz CT molecular complexity index is 424. The molecule has 0 spiro atoms. The van der Waals surface area contributed by atoms with Gasteiger partial charge in [-0.25, -0.2) is 8.78 Å². The molecule has 0 aliphatic carbocycles. The van der Waals surface area contributed by atoms with Gasteiger partial charge in [0.25, 0.3) is 0 Å². The van der Waals surface area contributed by atoms with E-state index in [1.54, 1.807) is 0 Å². The van der Waals surface area contributed by atoms with Gasteiger partial charge in [-0.1, -0.05) is 0 Å². The van der Waals surface area contributed by atoms with Gasteiger partial charge in [-0.15, -0.1) is 11.8 Å². The van der Waals surface area contributed by atoms with E-state index in [0.717, 1.165) is 30.0 Å². The molecule has 0 unspecified atom stereocenters. The molecule has 0 aliphatic rings. The molecular formula is C12H11F5OS. The number of carbonyl (C=O) groups is 1. The second-order valence-corrected chi connectivity index (χ2v) is 5.00. The fourth-order valence-electron chi connectivity index (χ4n) is 1.33. The maximum atomic E-state index is 12.8. The predicted octanol–water partition coefficient (Wildman–Crippen LogP) is 4.36. The number of carbonyl (C=O) groups excluding carboxylic acids is 1. The third-order valence-corrected chi connectivity index (χ3v) is 3.28. The van der Waals surface area contributed by atoms with Gasteiger partial charge in [0.05, 0.1) is 0 Å². The summed E-state index contributed by atoms with van der Waals surface area (Å²) in [6, 6.07) is 3.04. The fraction of sp³-hybridized carbons (Fsp3) is 0.417. The Labute approximate surface area is 111 Å². The third-order valence-electron chi connectivity index (χ3n) is 2.22. The van der Waals surface area contributed by atoms with Crippen molar-refractivity contribution in [2.24, 2.45) is 0 Å². The molecule has 0 radical (unpaired) electrons. The monoisotopic (exact) mass is 298 g/mol. The van der Waals surface area contributed by atoms with Gasteiger partial charge in [0.2, 0.25) is 5.78 Å². The molecule has 0 aliphatic heterocycles. The van der Waals surface area contributed by atoms with Crippen molar-refractivity contribution >= 4 is 17.5 Å². The second-order valence-electron chi connectivity index (χ2n) is 3.83.